The summed E-state index contributed by atoms with van der Waals surface area (Å²) in [7, 11) is -4.16. The number of aromatic nitrogens is 1. The quantitative estimate of drug-likeness (QED) is 0.440. The molecule has 0 saturated carbocycles. The zero-order chi connectivity index (χ0) is 25.0. The predicted octanol–water partition coefficient (Wildman–Crippen LogP) is 3.67. The molecule has 182 valence electrons. The average Bonchev–Trinajstić information content (AvgIpc) is 2.84. The second kappa shape index (κ2) is 10.6. The fraction of sp³-hybridized carbons (Fsp3) is 0.240. The van der Waals surface area contributed by atoms with Crippen LogP contribution in [0.25, 0.3) is 0 Å². The third kappa shape index (κ3) is 5.38. The number of nitrogens with one attached hydrogen (secondary N) is 2. The fourth-order valence-corrected chi connectivity index (χ4v) is 6.38. The molecule has 1 aliphatic rings. The molecule has 0 aliphatic carbocycles. The minimum Gasteiger partial charge on any atom is -0.356 e. The molecule has 0 radical (unpaired) electrons. The maximum absolute atomic E-state index is 14.0. The van der Waals surface area contributed by atoms with Crippen LogP contribution < -0.4 is 14.9 Å². The summed E-state index contributed by atoms with van der Waals surface area (Å²) in [6.07, 6.45) is 4.12. The standard InChI is InChI=1S/C25H25BrN4O4S/c1-2-18-15-19(26)7-8-23(18)35(33,34)30-21-6-4-3-5-20(21)29-25(32)22(30)16-24(31)28-14-11-17-9-12-27-13-10-17/h3-10,12-13,15,22H,2,11,14,16H2,1H3,(H,28,31)(H,29,32)/t22-/m1/s1. The van der Waals surface area contributed by atoms with Crippen molar-refractivity contribution in [1.29, 1.82) is 0 Å². The second-order valence-corrected chi connectivity index (χ2v) is 10.8. The summed E-state index contributed by atoms with van der Waals surface area (Å²) in [4.78, 5) is 30.0. The SMILES string of the molecule is CCc1cc(Br)ccc1S(=O)(=O)N1c2ccccc2NC(=O)[C@H]1CC(=O)NCCc1ccncc1. The van der Waals surface area contributed by atoms with Gasteiger partial charge < -0.3 is 10.6 Å². The number of nitrogens with zero attached hydrogens (tertiary/aromatic N) is 2. The first-order valence-electron chi connectivity index (χ1n) is 11.2. The van der Waals surface area contributed by atoms with Gasteiger partial charge in [0.15, 0.2) is 0 Å². The molecule has 1 aromatic heterocycles. The Kier molecular flexibility index (Phi) is 7.51. The molecule has 3 aromatic rings. The number of fused-ring (bicyclic) bond motifs is 1. The van der Waals surface area contributed by atoms with Gasteiger partial charge in [-0.1, -0.05) is 35.0 Å². The van der Waals surface area contributed by atoms with Crippen LogP contribution in [0.15, 0.2) is 76.4 Å². The molecule has 2 heterocycles. The number of anilines is 2. The first-order valence-corrected chi connectivity index (χ1v) is 13.4. The van der Waals surface area contributed by atoms with E-state index in [0.717, 1.165) is 14.3 Å². The van der Waals surface area contributed by atoms with E-state index >= 15 is 0 Å². The summed E-state index contributed by atoms with van der Waals surface area (Å²) in [6.45, 7) is 2.22. The van der Waals surface area contributed by atoms with Gasteiger partial charge in [0.05, 0.1) is 22.7 Å². The Morgan fingerprint density at radius 2 is 1.89 bits per heavy atom. The predicted molar refractivity (Wildman–Crippen MR) is 138 cm³/mol. The maximum Gasteiger partial charge on any atom is 0.265 e. The lowest BCUT2D eigenvalue weighted by atomic mass is 10.1. The Bertz CT molecular complexity index is 1350. The minimum absolute atomic E-state index is 0.107. The van der Waals surface area contributed by atoms with Crippen LogP contribution in [0, 0.1) is 0 Å². The summed E-state index contributed by atoms with van der Waals surface area (Å²) in [5.74, 6) is -0.961. The number of pyridine rings is 1. The van der Waals surface area contributed by atoms with Gasteiger partial charge in [-0.3, -0.25) is 18.9 Å². The van der Waals surface area contributed by atoms with E-state index in [0.29, 0.717) is 36.3 Å². The van der Waals surface area contributed by atoms with Gasteiger partial charge in [-0.15, -0.1) is 0 Å². The van der Waals surface area contributed by atoms with Crippen LogP contribution in [0.5, 0.6) is 0 Å². The van der Waals surface area contributed by atoms with Crippen molar-refractivity contribution in [1.82, 2.24) is 10.3 Å². The van der Waals surface area contributed by atoms with Crippen LogP contribution in [0.1, 0.15) is 24.5 Å². The minimum atomic E-state index is -4.16. The Hall–Kier alpha value is -3.24. The number of para-hydroxylation sites is 2. The Morgan fingerprint density at radius 3 is 2.63 bits per heavy atom. The zero-order valence-electron chi connectivity index (χ0n) is 19.1. The summed E-state index contributed by atoms with van der Waals surface area (Å²) in [6, 6.07) is 14.1. The van der Waals surface area contributed by atoms with Crippen LogP contribution >= 0.6 is 15.9 Å². The number of amides is 2. The summed E-state index contributed by atoms with van der Waals surface area (Å²) < 4.78 is 29.8. The molecule has 8 nitrogen and oxygen atoms in total. The molecule has 2 N–H and O–H groups in total. The summed E-state index contributed by atoms with van der Waals surface area (Å²) in [5.41, 5.74) is 2.33. The van der Waals surface area contributed by atoms with E-state index in [-0.39, 0.29) is 11.3 Å². The van der Waals surface area contributed by atoms with Gasteiger partial charge in [0.2, 0.25) is 11.8 Å². The second-order valence-electron chi connectivity index (χ2n) is 8.09. The average molecular weight is 557 g/mol. The van der Waals surface area contributed by atoms with Crippen molar-refractivity contribution in [2.45, 2.75) is 37.1 Å². The highest BCUT2D eigenvalue weighted by molar-refractivity contribution is 9.10. The highest BCUT2D eigenvalue weighted by Gasteiger charge is 2.42. The maximum atomic E-state index is 14.0. The smallest absolute Gasteiger partial charge is 0.265 e. The number of hydrogen-bond donors (Lipinski definition) is 2. The molecule has 4 rings (SSSR count). The van der Waals surface area contributed by atoms with Gasteiger partial charge in [0.25, 0.3) is 10.0 Å². The number of carbonyl (C=O) groups excluding carboxylic acids is 2. The summed E-state index contributed by atoms with van der Waals surface area (Å²) in [5, 5.41) is 5.55. The van der Waals surface area contributed by atoms with Crippen molar-refractivity contribution < 1.29 is 18.0 Å². The number of carbonyl (C=O) groups is 2. The van der Waals surface area contributed by atoms with Gasteiger partial charge >= 0.3 is 0 Å². The number of benzene rings is 2. The van der Waals surface area contributed by atoms with Gasteiger partial charge in [-0.05, 0) is 66.4 Å². The number of halogens is 1. The largest absolute Gasteiger partial charge is 0.356 e. The van der Waals surface area contributed by atoms with E-state index < -0.39 is 27.9 Å². The van der Waals surface area contributed by atoms with Crippen LogP contribution in [-0.4, -0.2) is 37.8 Å². The molecule has 35 heavy (non-hydrogen) atoms. The van der Waals surface area contributed by atoms with Gasteiger partial charge in [-0.25, -0.2) is 8.42 Å². The first kappa shape index (κ1) is 24.9. The van der Waals surface area contributed by atoms with Gasteiger partial charge in [-0.2, -0.15) is 0 Å². The van der Waals surface area contributed by atoms with Crippen molar-refractivity contribution in [3.63, 3.8) is 0 Å². The lowest BCUT2D eigenvalue weighted by molar-refractivity contribution is -0.125. The van der Waals surface area contributed by atoms with Crippen molar-refractivity contribution in [3.05, 3.63) is 82.6 Å². The van der Waals surface area contributed by atoms with E-state index in [2.05, 4.69) is 31.5 Å². The molecule has 0 fully saturated rings. The van der Waals surface area contributed by atoms with Crippen LogP contribution in [0.3, 0.4) is 0 Å². The highest BCUT2D eigenvalue weighted by atomic mass is 79.9. The van der Waals surface area contributed by atoms with Crippen LogP contribution in [0.2, 0.25) is 0 Å². The monoisotopic (exact) mass is 556 g/mol. The number of rotatable bonds is 8. The van der Waals surface area contributed by atoms with E-state index in [1.54, 1.807) is 48.8 Å². The molecule has 2 amide bonds. The molecule has 10 heteroatoms. The van der Waals surface area contributed by atoms with Gasteiger partial charge in [0.1, 0.15) is 6.04 Å². The molecule has 0 spiro atoms. The van der Waals surface area contributed by atoms with Crippen molar-refractivity contribution in [2.24, 2.45) is 0 Å². The molecule has 0 bridgehead atoms. The molecule has 0 unspecified atom stereocenters. The first-order chi connectivity index (χ1) is 16.8. The van der Waals surface area contributed by atoms with E-state index in [4.69, 9.17) is 0 Å². The topological polar surface area (TPSA) is 108 Å². The Balaban J connectivity index is 1.64. The number of hydrogen-bond acceptors (Lipinski definition) is 5. The molecule has 2 aromatic carbocycles. The van der Waals surface area contributed by atoms with E-state index in [9.17, 15) is 18.0 Å². The normalized spacial score (nSPS) is 15.3. The van der Waals surface area contributed by atoms with E-state index in [1.165, 1.54) is 6.07 Å². The molecule has 0 saturated heterocycles. The van der Waals surface area contributed by atoms with Gasteiger partial charge in [0, 0.05) is 23.4 Å². The molecular weight excluding hydrogens is 532 g/mol. The van der Waals surface area contributed by atoms with E-state index in [1.807, 2.05) is 19.1 Å². The molecule has 1 atom stereocenters. The lowest BCUT2D eigenvalue weighted by Gasteiger charge is -2.37. The molecule has 1 aliphatic heterocycles. The lowest BCUT2D eigenvalue weighted by Crippen LogP contribution is -2.53. The Labute approximate surface area is 212 Å². The Morgan fingerprint density at radius 1 is 1.14 bits per heavy atom. The number of aryl methyl sites for hydroxylation is 1. The number of sulfonamides is 1. The van der Waals surface area contributed by atoms with Crippen molar-refractivity contribution >= 4 is 49.1 Å². The summed E-state index contributed by atoms with van der Waals surface area (Å²) >= 11 is 3.39. The highest BCUT2D eigenvalue weighted by Crippen LogP contribution is 2.38. The fourth-order valence-electron chi connectivity index (χ4n) is 4.06. The zero-order valence-corrected chi connectivity index (χ0v) is 21.5. The third-order valence-corrected chi connectivity index (χ3v) is 8.21. The van der Waals surface area contributed by atoms with Crippen molar-refractivity contribution in [2.75, 3.05) is 16.2 Å². The van der Waals surface area contributed by atoms with Crippen LogP contribution in [0.4, 0.5) is 11.4 Å². The van der Waals surface area contributed by atoms with Crippen LogP contribution in [-0.2, 0) is 32.5 Å². The molecular formula is C25H25BrN4O4S. The third-order valence-electron chi connectivity index (χ3n) is 5.79. The van der Waals surface area contributed by atoms with Crippen molar-refractivity contribution in [3.8, 4) is 0 Å².